The lowest BCUT2D eigenvalue weighted by Gasteiger charge is -2.28. The number of piperidine rings is 1. The number of nitrogens with zero attached hydrogens (tertiary/aromatic N) is 3. The van der Waals surface area contributed by atoms with E-state index < -0.39 is 0 Å². The first-order chi connectivity index (χ1) is 9.70. The summed E-state index contributed by atoms with van der Waals surface area (Å²) in [7, 11) is 0. The predicted octanol–water partition coefficient (Wildman–Crippen LogP) is -0.0170. The van der Waals surface area contributed by atoms with Gasteiger partial charge in [-0.25, -0.2) is 4.68 Å². The van der Waals surface area contributed by atoms with Crippen molar-refractivity contribution in [3.05, 3.63) is 22.6 Å². The molecule has 20 heavy (non-hydrogen) atoms. The molecule has 1 aliphatic rings. The van der Waals surface area contributed by atoms with Crippen molar-refractivity contribution >= 4 is 11.6 Å². The zero-order valence-corrected chi connectivity index (χ0v) is 11.3. The van der Waals surface area contributed by atoms with Gasteiger partial charge in [0.05, 0.1) is 18.4 Å². The molecular formula is C14H18N4O2. The van der Waals surface area contributed by atoms with Crippen molar-refractivity contribution in [1.82, 2.24) is 15.1 Å². The van der Waals surface area contributed by atoms with Gasteiger partial charge in [0.1, 0.15) is 6.54 Å². The first kappa shape index (κ1) is 14.1. The number of terminal acetylenes is 1. The third kappa shape index (κ3) is 3.60. The number of nitrogens with one attached hydrogen (secondary N) is 1. The Labute approximate surface area is 117 Å². The van der Waals surface area contributed by atoms with E-state index in [1.807, 2.05) is 0 Å². The van der Waals surface area contributed by atoms with Crippen molar-refractivity contribution in [3.63, 3.8) is 0 Å². The molecule has 1 aromatic heterocycles. The summed E-state index contributed by atoms with van der Waals surface area (Å²) >= 11 is 0. The van der Waals surface area contributed by atoms with E-state index in [9.17, 15) is 9.59 Å². The molecule has 106 valence electrons. The highest BCUT2D eigenvalue weighted by Gasteiger charge is 2.13. The van der Waals surface area contributed by atoms with Crippen LogP contribution in [0.3, 0.4) is 0 Å². The van der Waals surface area contributed by atoms with Crippen LogP contribution in [-0.4, -0.2) is 35.3 Å². The van der Waals surface area contributed by atoms with Crippen molar-refractivity contribution in [1.29, 1.82) is 0 Å². The molecule has 1 N–H and O–H groups in total. The van der Waals surface area contributed by atoms with Crippen molar-refractivity contribution in [2.75, 3.05) is 24.5 Å². The van der Waals surface area contributed by atoms with Gasteiger partial charge in [0.2, 0.25) is 5.91 Å². The van der Waals surface area contributed by atoms with Gasteiger partial charge in [-0.1, -0.05) is 5.92 Å². The average Bonchev–Trinajstić information content (AvgIpc) is 2.48. The number of anilines is 1. The lowest BCUT2D eigenvalue weighted by Crippen LogP contribution is -2.35. The van der Waals surface area contributed by atoms with Gasteiger partial charge in [-0.2, -0.15) is 5.10 Å². The minimum atomic E-state index is -0.316. The van der Waals surface area contributed by atoms with Crippen molar-refractivity contribution in [3.8, 4) is 12.3 Å². The van der Waals surface area contributed by atoms with Crippen molar-refractivity contribution in [2.24, 2.45) is 0 Å². The molecule has 0 spiro atoms. The van der Waals surface area contributed by atoms with Crippen LogP contribution in [0, 0.1) is 12.3 Å². The summed E-state index contributed by atoms with van der Waals surface area (Å²) in [5.74, 6) is 1.99. The molecule has 1 aromatic rings. The summed E-state index contributed by atoms with van der Waals surface area (Å²) in [6.45, 7) is 1.95. The van der Waals surface area contributed by atoms with E-state index >= 15 is 0 Å². The minimum Gasteiger partial charge on any atom is -0.370 e. The molecular weight excluding hydrogens is 256 g/mol. The van der Waals surface area contributed by atoms with Crippen LogP contribution in [0.5, 0.6) is 0 Å². The molecule has 2 rings (SSSR count). The first-order valence-corrected chi connectivity index (χ1v) is 6.73. The lowest BCUT2D eigenvalue weighted by molar-refractivity contribution is -0.121. The summed E-state index contributed by atoms with van der Waals surface area (Å²) in [5, 5.41) is 6.55. The molecule has 0 bridgehead atoms. The molecule has 6 nitrogen and oxygen atoms in total. The SMILES string of the molecule is C#CCNC(=O)Cn1ncc(N2CCCCC2)cc1=O. The maximum atomic E-state index is 11.9. The van der Waals surface area contributed by atoms with Gasteiger partial charge in [-0.05, 0) is 19.3 Å². The second-order valence-corrected chi connectivity index (χ2v) is 4.74. The molecule has 1 fully saturated rings. The molecule has 0 aromatic carbocycles. The highest BCUT2D eigenvalue weighted by Crippen LogP contribution is 2.16. The van der Waals surface area contributed by atoms with Crippen molar-refractivity contribution in [2.45, 2.75) is 25.8 Å². The van der Waals surface area contributed by atoms with Gasteiger partial charge < -0.3 is 10.2 Å². The van der Waals surface area contributed by atoms with Gasteiger partial charge in [0, 0.05) is 19.2 Å². The quantitative estimate of drug-likeness (QED) is 0.784. The largest absolute Gasteiger partial charge is 0.370 e. The highest BCUT2D eigenvalue weighted by atomic mass is 16.2. The number of carbonyl (C=O) groups is 1. The maximum absolute atomic E-state index is 11.9. The smallest absolute Gasteiger partial charge is 0.269 e. The predicted molar refractivity (Wildman–Crippen MR) is 76.4 cm³/mol. The highest BCUT2D eigenvalue weighted by molar-refractivity contribution is 5.75. The topological polar surface area (TPSA) is 67.2 Å². The normalized spacial score (nSPS) is 14.7. The van der Waals surface area contributed by atoms with Gasteiger partial charge in [0.15, 0.2) is 0 Å². The van der Waals surface area contributed by atoms with Gasteiger partial charge in [-0.15, -0.1) is 6.42 Å². The van der Waals surface area contributed by atoms with E-state index in [0.717, 1.165) is 36.3 Å². The van der Waals surface area contributed by atoms with Crippen molar-refractivity contribution < 1.29 is 4.79 Å². The monoisotopic (exact) mass is 274 g/mol. The average molecular weight is 274 g/mol. The second-order valence-electron chi connectivity index (χ2n) is 4.74. The number of hydrogen-bond acceptors (Lipinski definition) is 4. The summed E-state index contributed by atoms with van der Waals surface area (Å²) in [6, 6.07) is 1.53. The lowest BCUT2D eigenvalue weighted by atomic mass is 10.1. The molecule has 0 atom stereocenters. The fourth-order valence-corrected chi connectivity index (χ4v) is 2.21. The Balaban J connectivity index is 2.04. The third-order valence-corrected chi connectivity index (χ3v) is 3.26. The fourth-order valence-electron chi connectivity index (χ4n) is 2.21. The summed E-state index contributed by atoms with van der Waals surface area (Å²) in [4.78, 5) is 25.6. The fraction of sp³-hybridized carbons (Fsp3) is 0.500. The van der Waals surface area contributed by atoms with Gasteiger partial charge >= 0.3 is 0 Å². The first-order valence-electron chi connectivity index (χ1n) is 6.73. The Morgan fingerprint density at radius 2 is 2.15 bits per heavy atom. The Bertz CT molecular complexity index is 567. The number of rotatable bonds is 4. The van der Waals surface area contributed by atoms with Gasteiger partial charge in [0.25, 0.3) is 5.56 Å². The maximum Gasteiger partial charge on any atom is 0.269 e. The van der Waals surface area contributed by atoms with Crippen LogP contribution in [0.25, 0.3) is 0 Å². The molecule has 6 heteroatoms. The van der Waals surface area contributed by atoms with Gasteiger partial charge in [-0.3, -0.25) is 9.59 Å². The van der Waals surface area contributed by atoms with E-state index in [-0.39, 0.29) is 24.6 Å². The van der Waals surface area contributed by atoms with Crippen LogP contribution in [-0.2, 0) is 11.3 Å². The van der Waals surface area contributed by atoms with Crippen LogP contribution < -0.4 is 15.8 Å². The van der Waals surface area contributed by atoms with E-state index in [0.29, 0.717) is 0 Å². The molecule has 0 saturated carbocycles. The Morgan fingerprint density at radius 1 is 1.40 bits per heavy atom. The van der Waals surface area contributed by atoms with E-state index in [4.69, 9.17) is 6.42 Å². The zero-order valence-electron chi connectivity index (χ0n) is 11.3. The van der Waals surface area contributed by atoms with Crippen LogP contribution >= 0.6 is 0 Å². The molecule has 0 aliphatic carbocycles. The number of carbonyl (C=O) groups excluding carboxylic acids is 1. The molecule has 1 saturated heterocycles. The Kier molecular flexibility index (Phi) is 4.77. The second kappa shape index (κ2) is 6.75. The summed E-state index contributed by atoms with van der Waals surface area (Å²) < 4.78 is 1.14. The molecule has 1 aliphatic heterocycles. The standard InChI is InChI=1S/C14H18N4O2/c1-2-6-15-13(19)11-18-14(20)9-12(10-16-18)17-7-4-3-5-8-17/h1,9-10H,3-8,11H2,(H,15,19). The van der Waals surface area contributed by atoms with Crippen LogP contribution in [0.4, 0.5) is 5.69 Å². The van der Waals surface area contributed by atoms with Crippen LogP contribution in [0.1, 0.15) is 19.3 Å². The van der Waals surface area contributed by atoms with E-state index in [1.54, 1.807) is 6.20 Å². The van der Waals surface area contributed by atoms with E-state index in [2.05, 4.69) is 21.2 Å². The molecule has 2 heterocycles. The van der Waals surface area contributed by atoms with Crippen LogP contribution in [0.2, 0.25) is 0 Å². The Morgan fingerprint density at radius 3 is 2.80 bits per heavy atom. The van der Waals surface area contributed by atoms with E-state index in [1.165, 1.54) is 12.5 Å². The number of amides is 1. The molecule has 1 amide bonds. The zero-order chi connectivity index (χ0) is 14.4. The molecule has 0 unspecified atom stereocenters. The Hall–Kier alpha value is -2.29. The summed E-state index contributed by atoms with van der Waals surface area (Å²) in [6.07, 6.45) is 10.2. The number of hydrogen-bond donors (Lipinski definition) is 1. The van der Waals surface area contributed by atoms with Crippen LogP contribution in [0.15, 0.2) is 17.1 Å². The summed E-state index contributed by atoms with van der Waals surface area (Å²) in [5.41, 5.74) is 0.555. The number of aromatic nitrogens is 2. The minimum absolute atomic E-state index is 0.110. The molecule has 0 radical (unpaired) electrons. The third-order valence-electron chi connectivity index (χ3n) is 3.26.